The van der Waals surface area contributed by atoms with Gasteiger partial charge in [0.1, 0.15) is 5.82 Å². The van der Waals surface area contributed by atoms with Crippen molar-refractivity contribution in [1.82, 2.24) is 19.9 Å². The van der Waals surface area contributed by atoms with E-state index in [1.165, 1.54) is 19.3 Å². The van der Waals surface area contributed by atoms with Gasteiger partial charge in [0.15, 0.2) is 5.65 Å². The largest absolute Gasteiger partial charge is 0.356 e. The fraction of sp³-hybridized carbons (Fsp3) is 0.600. The van der Waals surface area contributed by atoms with Gasteiger partial charge in [0.05, 0.1) is 6.20 Å². The second kappa shape index (κ2) is 6.22. The molecule has 2 aromatic heterocycles. The Labute approximate surface area is 120 Å². The molecule has 0 aromatic carbocycles. The van der Waals surface area contributed by atoms with Gasteiger partial charge < -0.3 is 10.2 Å². The van der Waals surface area contributed by atoms with Crippen molar-refractivity contribution in [3.8, 4) is 0 Å². The van der Waals surface area contributed by atoms with Crippen molar-refractivity contribution in [3.63, 3.8) is 0 Å². The third-order valence-corrected chi connectivity index (χ3v) is 3.95. The Bertz CT molecular complexity index is 550. The average molecular weight is 273 g/mol. The van der Waals surface area contributed by atoms with E-state index in [0.29, 0.717) is 0 Å². The smallest absolute Gasteiger partial charge is 0.157 e. The molecule has 0 amide bonds. The number of nitrogens with zero attached hydrogens (tertiary/aromatic N) is 4. The molecule has 0 spiro atoms. The zero-order valence-corrected chi connectivity index (χ0v) is 12.1. The first-order valence-corrected chi connectivity index (χ1v) is 7.63. The first-order chi connectivity index (χ1) is 9.86. The van der Waals surface area contributed by atoms with Gasteiger partial charge in [-0.15, -0.1) is 0 Å². The van der Waals surface area contributed by atoms with E-state index in [-0.39, 0.29) is 0 Å². The highest BCUT2D eigenvalue weighted by molar-refractivity contribution is 5.47. The van der Waals surface area contributed by atoms with Gasteiger partial charge in [-0.3, -0.25) is 0 Å². The molecule has 1 fully saturated rings. The summed E-state index contributed by atoms with van der Waals surface area (Å²) in [7, 11) is 0. The van der Waals surface area contributed by atoms with Crippen molar-refractivity contribution in [2.75, 3.05) is 31.1 Å². The van der Waals surface area contributed by atoms with Crippen molar-refractivity contribution < 1.29 is 0 Å². The Hall–Kier alpha value is -1.62. The third kappa shape index (κ3) is 2.93. The summed E-state index contributed by atoms with van der Waals surface area (Å²) < 4.78 is 1.81. The molecule has 5 nitrogen and oxygen atoms in total. The van der Waals surface area contributed by atoms with Gasteiger partial charge in [-0.2, -0.15) is 5.10 Å². The molecule has 0 aliphatic carbocycles. The third-order valence-electron chi connectivity index (χ3n) is 3.95. The van der Waals surface area contributed by atoms with Crippen LogP contribution >= 0.6 is 0 Å². The highest BCUT2D eigenvalue weighted by Gasteiger charge is 2.20. The molecule has 3 heterocycles. The van der Waals surface area contributed by atoms with Crippen molar-refractivity contribution in [2.45, 2.75) is 26.2 Å². The van der Waals surface area contributed by atoms with E-state index < -0.39 is 0 Å². The number of fused-ring (bicyclic) bond motifs is 1. The zero-order chi connectivity index (χ0) is 13.8. The highest BCUT2D eigenvalue weighted by Crippen LogP contribution is 2.21. The number of nitrogens with one attached hydrogen (secondary N) is 1. The second-order valence-electron chi connectivity index (χ2n) is 5.58. The van der Waals surface area contributed by atoms with Gasteiger partial charge in [0.2, 0.25) is 0 Å². The SMILES string of the molecule is CCCNCC1CCCN(c2ccn3nccc3n2)C1. The zero-order valence-electron chi connectivity index (χ0n) is 12.1. The summed E-state index contributed by atoms with van der Waals surface area (Å²) in [6, 6.07) is 4.02. The molecule has 2 aromatic rings. The monoisotopic (exact) mass is 273 g/mol. The van der Waals surface area contributed by atoms with E-state index in [2.05, 4.69) is 28.3 Å². The Morgan fingerprint density at radius 3 is 3.25 bits per heavy atom. The van der Waals surface area contributed by atoms with Crippen molar-refractivity contribution in [3.05, 3.63) is 24.5 Å². The van der Waals surface area contributed by atoms with E-state index >= 15 is 0 Å². The minimum Gasteiger partial charge on any atom is -0.356 e. The Morgan fingerprint density at radius 1 is 1.40 bits per heavy atom. The Kier molecular flexibility index (Phi) is 4.16. The molecule has 0 bridgehead atoms. The maximum atomic E-state index is 4.70. The lowest BCUT2D eigenvalue weighted by molar-refractivity contribution is 0.391. The Morgan fingerprint density at radius 2 is 2.35 bits per heavy atom. The summed E-state index contributed by atoms with van der Waals surface area (Å²) in [6.07, 6.45) is 7.57. The van der Waals surface area contributed by atoms with Gasteiger partial charge in [0.25, 0.3) is 0 Å². The summed E-state index contributed by atoms with van der Waals surface area (Å²) in [5, 5.41) is 7.74. The summed E-state index contributed by atoms with van der Waals surface area (Å²) in [6.45, 7) is 6.68. The molecule has 20 heavy (non-hydrogen) atoms. The summed E-state index contributed by atoms with van der Waals surface area (Å²) >= 11 is 0. The number of aromatic nitrogens is 3. The molecule has 1 atom stereocenters. The maximum absolute atomic E-state index is 4.70. The van der Waals surface area contributed by atoms with Crippen LogP contribution in [0.15, 0.2) is 24.5 Å². The van der Waals surface area contributed by atoms with Gasteiger partial charge >= 0.3 is 0 Å². The van der Waals surface area contributed by atoms with E-state index in [9.17, 15) is 0 Å². The predicted octanol–water partition coefficient (Wildman–Crippen LogP) is 1.95. The molecule has 5 heteroatoms. The molecule has 1 saturated heterocycles. The second-order valence-corrected chi connectivity index (χ2v) is 5.58. The van der Waals surface area contributed by atoms with E-state index in [4.69, 9.17) is 4.98 Å². The normalized spacial score (nSPS) is 19.6. The van der Waals surface area contributed by atoms with Crippen molar-refractivity contribution >= 4 is 11.5 Å². The first-order valence-electron chi connectivity index (χ1n) is 7.63. The van der Waals surface area contributed by atoms with Crippen LogP contribution in [0.3, 0.4) is 0 Å². The molecule has 108 valence electrons. The van der Waals surface area contributed by atoms with Crippen LogP contribution in [0, 0.1) is 5.92 Å². The van der Waals surface area contributed by atoms with Gasteiger partial charge in [0, 0.05) is 25.4 Å². The van der Waals surface area contributed by atoms with Crippen LogP contribution in [0.1, 0.15) is 26.2 Å². The van der Waals surface area contributed by atoms with Crippen LogP contribution in [0.2, 0.25) is 0 Å². The summed E-state index contributed by atoms with van der Waals surface area (Å²) in [5.41, 5.74) is 0.925. The van der Waals surface area contributed by atoms with Crippen LogP contribution in [0.25, 0.3) is 5.65 Å². The van der Waals surface area contributed by atoms with Crippen LogP contribution < -0.4 is 10.2 Å². The van der Waals surface area contributed by atoms with Crippen molar-refractivity contribution in [1.29, 1.82) is 0 Å². The van der Waals surface area contributed by atoms with E-state index in [1.807, 2.05) is 16.8 Å². The molecule has 1 N–H and O–H groups in total. The molecular weight excluding hydrogens is 250 g/mol. The average Bonchev–Trinajstić information content (AvgIpc) is 2.95. The molecule has 1 unspecified atom stereocenters. The van der Waals surface area contributed by atoms with Gasteiger partial charge in [-0.05, 0) is 44.3 Å². The molecule has 1 aliphatic heterocycles. The topological polar surface area (TPSA) is 45.5 Å². The number of rotatable bonds is 5. The molecular formula is C15H23N5. The maximum Gasteiger partial charge on any atom is 0.157 e. The minimum absolute atomic E-state index is 0.734. The Balaban J connectivity index is 1.66. The summed E-state index contributed by atoms with van der Waals surface area (Å²) in [5.74, 6) is 1.82. The molecule has 0 radical (unpaired) electrons. The van der Waals surface area contributed by atoms with Crippen LogP contribution in [-0.2, 0) is 0 Å². The lowest BCUT2D eigenvalue weighted by Crippen LogP contribution is -2.40. The van der Waals surface area contributed by atoms with E-state index in [1.54, 1.807) is 6.20 Å². The quantitative estimate of drug-likeness (QED) is 0.846. The number of anilines is 1. The van der Waals surface area contributed by atoms with Gasteiger partial charge in [-0.1, -0.05) is 6.92 Å². The lowest BCUT2D eigenvalue weighted by Gasteiger charge is -2.33. The number of hydrogen-bond donors (Lipinski definition) is 1. The number of piperidine rings is 1. The van der Waals surface area contributed by atoms with Crippen molar-refractivity contribution in [2.24, 2.45) is 5.92 Å². The predicted molar refractivity (Wildman–Crippen MR) is 81.1 cm³/mol. The van der Waals surface area contributed by atoms with Crippen LogP contribution in [-0.4, -0.2) is 40.8 Å². The first kappa shape index (κ1) is 13.4. The van der Waals surface area contributed by atoms with Crippen LogP contribution in [0.5, 0.6) is 0 Å². The fourth-order valence-electron chi connectivity index (χ4n) is 2.90. The molecule has 1 aliphatic rings. The van der Waals surface area contributed by atoms with E-state index in [0.717, 1.165) is 43.6 Å². The van der Waals surface area contributed by atoms with Crippen LogP contribution in [0.4, 0.5) is 5.82 Å². The molecule has 3 rings (SSSR count). The lowest BCUT2D eigenvalue weighted by atomic mass is 9.98. The fourth-order valence-corrected chi connectivity index (χ4v) is 2.90. The standard InChI is InChI=1S/C15H23N5/c1-2-7-16-11-13-4-3-9-19(12-13)14-6-10-20-15(18-14)5-8-17-20/h5-6,8,10,13,16H,2-4,7,9,11-12H2,1H3. The summed E-state index contributed by atoms with van der Waals surface area (Å²) in [4.78, 5) is 7.11. The number of hydrogen-bond acceptors (Lipinski definition) is 4. The van der Waals surface area contributed by atoms with Gasteiger partial charge in [-0.25, -0.2) is 9.50 Å². The molecule has 0 saturated carbocycles. The minimum atomic E-state index is 0.734. The highest BCUT2D eigenvalue weighted by atomic mass is 15.3.